The lowest BCUT2D eigenvalue weighted by Crippen LogP contribution is -2.35. The first-order valence-electron chi connectivity index (χ1n) is 7.36. The number of nitrogens with one attached hydrogen (secondary N) is 1. The van der Waals surface area contributed by atoms with Crippen molar-refractivity contribution in [2.75, 3.05) is 18.9 Å². The largest absolute Gasteiger partial charge is 0.332 e. The Hall–Kier alpha value is -2.21. The lowest BCUT2D eigenvalue weighted by Gasteiger charge is -2.19. The van der Waals surface area contributed by atoms with E-state index in [-0.39, 0.29) is 18.4 Å². The number of carbonyl (C=O) groups is 2. The summed E-state index contributed by atoms with van der Waals surface area (Å²) in [5.74, 6) is -1.09. The fourth-order valence-electron chi connectivity index (χ4n) is 2.35. The smallest absolute Gasteiger partial charge is 0.255 e. The van der Waals surface area contributed by atoms with Crippen LogP contribution in [0.3, 0.4) is 0 Å². The van der Waals surface area contributed by atoms with E-state index in [0.717, 1.165) is 16.8 Å². The van der Waals surface area contributed by atoms with E-state index in [1.807, 2.05) is 32.0 Å². The van der Waals surface area contributed by atoms with E-state index in [9.17, 15) is 14.0 Å². The van der Waals surface area contributed by atoms with Crippen LogP contribution in [0, 0.1) is 19.7 Å². The van der Waals surface area contributed by atoms with Gasteiger partial charge in [-0.25, -0.2) is 4.39 Å². The van der Waals surface area contributed by atoms with Gasteiger partial charge in [0.1, 0.15) is 5.82 Å². The van der Waals surface area contributed by atoms with Crippen molar-refractivity contribution in [3.05, 3.63) is 63.4 Å². The zero-order valence-electron chi connectivity index (χ0n) is 13.7. The molecule has 4 nitrogen and oxygen atoms in total. The molecule has 0 unspecified atom stereocenters. The van der Waals surface area contributed by atoms with E-state index in [1.165, 1.54) is 30.1 Å². The molecule has 2 rings (SSSR count). The number of hydrogen-bond donors (Lipinski definition) is 1. The molecule has 24 heavy (non-hydrogen) atoms. The normalized spacial score (nSPS) is 10.4. The summed E-state index contributed by atoms with van der Waals surface area (Å²) in [7, 11) is 1.53. The molecule has 0 saturated heterocycles. The van der Waals surface area contributed by atoms with Crippen molar-refractivity contribution < 1.29 is 14.0 Å². The van der Waals surface area contributed by atoms with Crippen LogP contribution in [-0.4, -0.2) is 30.3 Å². The third kappa shape index (κ3) is 4.20. The van der Waals surface area contributed by atoms with Gasteiger partial charge in [-0.3, -0.25) is 9.59 Å². The molecule has 0 aliphatic carbocycles. The van der Waals surface area contributed by atoms with Gasteiger partial charge in [-0.05, 0) is 59.1 Å². The number of hydrogen-bond acceptors (Lipinski definition) is 2. The van der Waals surface area contributed by atoms with Gasteiger partial charge in [0.2, 0.25) is 5.91 Å². The van der Waals surface area contributed by atoms with Gasteiger partial charge in [0.05, 0.1) is 12.1 Å². The zero-order valence-corrected chi connectivity index (χ0v) is 15.3. The lowest BCUT2D eigenvalue weighted by atomic mass is 10.1. The summed E-state index contributed by atoms with van der Waals surface area (Å²) < 4.78 is 13.5. The van der Waals surface area contributed by atoms with Gasteiger partial charge in [-0.15, -0.1) is 0 Å². The van der Waals surface area contributed by atoms with Crippen LogP contribution in [-0.2, 0) is 4.79 Å². The van der Waals surface area contributed by atoms with E-state index in [4.69, 9.17) is 0 Å². The van der Waals surface area contributed by atoms with Crippen LogP contribution < -0.4 is 5.32 Å². The van der Waals surface area contributed by atoms with Crippen molar-refractivity contribution in [2.45, 2.75) is 13.8 Å². The standard InChI is InChI=1S/C18H18BrFN2O2/c1-11-5-4-6-12(2)17(11)21-16(23)10-22(3)18(24)14-8-7-13(20)9-15(14)19/h4-9H,10H2,1-3H3,(H,21,23). The Kier molecular flexibility index (Phi) is 5.72. The van der Waals surface area contributed by atoms with Crippen molar-refractivity contribution in [3.63, 3.8) is 0 Å². The molecule has 0 aliphatic rings. The number of rotatable bonds is 4. The summed E-state index contributed by atoms with van der Waals surface area (Å²) in [6.45, 7) is 3.72. The number of halogens is 2. The predicted octanol–water partition coefficient (Wildman–Crippen LogP) is 3.92. The number of likely N-dealkylation sites (N-methyl/N-ethyl adjacent to an activating group) is 1. The van der Waals surface area contributed by atoms with E-state index in [0.29, 0.717) is 10.0 Å². The summed E-state index contributed by atoms with van der Waals surface area (Å²) in [5.41, 5.74) is 2.97. The van der Waals surface area contributed by atoms with Gasteiger partial charge in [-0.2, -0.15) is 0 Å². The quantitative estimate of drug-likeness (QED) is 0.856. The van der Waals surface area contributed by atoms with Gasteiger partial charge >= 0.3 is 0 Å². The van der Waals surface area contributed by atoms with Crippen LogP contribution >= 0.6 is 15.9 Å². The minimum atomic E-state index is -0.436. The van der Waals surface area contributed by atoms with Crippen LogP contribution in [0.1, 0.15) is 21.5 Å². The minimum absolute atomic E-state index is 0.101. The maximum absolute atomic E-state index is 13.1. The van der Waals surface area contributed by atoms with Crippen molar-refractivity contribution in [3.8, 4) is 0 Å². The zero-order chi connectivity index (χ0) is 17.9. The molecule has 2 aromatic rings. The van der Waals surface area contributed by atoms with Crippen molar-refractivity contribution in [2.24, 2.45) is 0 Å². The number of benzene rings is 2. The maximum atomic E-state index is 13.1. The van der Waals surface area contributed by atoms with Gasteiger partial charge < -0.3 is 10.2 Å². The lowest BCUT2D eigenvalue weighted by molar-refractivity contribution is -0.116. The Balaban J connectivity index is 2.07. The highest BCUT2D eigenvalue weighted by atomic mass is 79.9. The van der Waals surface area contributed by atoms with E-state index in [2.05, 4.69) is 21.2 Å². The second-order valence-electron chi connectivity index (χ2n) is 5.60. The Labute approximate surface area is 148 Å². The second-order valence-corrected chi connectivity index (χ2v) is 6.45. The molecule has 0 aliphatic heterocycles. The number of aryl methyl sites for hydroxylation is 2. The molecule has 2 aromatic carbocycles. The highest BCUT2D eigenvalue weighted by Crippen LogP contribution is 2.21. The monoisotopic (exact) mass is 392 g/mol. The highest BCUT2D eigenvalue weighted by molar-refractivity contribution is 9.10. The number of anilines is 1. The molecule has 0 aromatic heterocycles. The average Bonchev–Trinajstić information content (AvgIpc) is 2.50. The summed E-state index contributed by atoms with van der Waals surface area (Å²) >= 11 is 3.17. The predicted molar refractivity (Wildman–Crippen MR) is 95.6 cm³/mol. The molecular weight excluding hydrogens is 375 g/mol. The number of para-hydroxylation sites is 1. The number of amides is 2. The van der Waals surface area contributed by atoms with Gasteiger partial charge in [-0.1, -0.05) is 18.2 Å². The molecule has 0 radical (unpaired) electrons. The molecule has 0 heterocycles. The second kappa shape index (κ2) is 7.57. The maximum Gasteiger partial charge on any atom is 0.255 e. The minimum Gasteiger partial charge on any atom is -0.332 e. The van der Waals surface area contributed by atoms with Crippen LogP contribution in [0.15, 0.2) is 40.9 Å². The van der Waals surface area contributed by atoms with Crippen LogP contribution in [0.4, 0.5) is 10.1 Å². The molecule has 2 amide bonds. The van der Waals surface area contributed by atoms with Crippen molar-refractivity contribution in [1.82, 2.24) is 4.90 Å². The fourth-order valence-corrected chi connectivity index (χ4v) is 2.87. The average molecular weight is 393 g/mol. The van der Waals surface area contributed by atoms with Crippen molar-refractivity contribution >= 4 is 33.4 Å². The Morgan fingerprint density at radius 2 is 1.79 bits per heavy atom. The van der Waals surface area contributed by atoms with Crippen LogP contribution in [0.2, 0.25) is 0 Å². The molecule has 1 N–H and O–H groups in total. The number of carbonyl (C=O) groups excluding carboxylic acids is 2. The summed E-state index contributed by atoms with van der Waals surface area (Å²) in [6, 6.07) is 9.56. The molecule has 0 bridgehead atoms. The Bertz CT molecular complexity index is 772. The Morgan fingerprint density at radius 3 is 2.38 bits per heavy atom. The summed E-state index contributed by atoms with van der Waals surface area (Å²) in [6.07, 6.45) is 0. The SMILES string of the molecule is Cc1cccc(C)c1NC(=O)CN(C)C(=O)c1ccc(F)cc1Br. The molecule has 0 atom stereocenters. The molecular formula is C18H18BrFN2O2. The third-order valence-corrected chi connectivity index (χ3v) is 4.29. The highest BCUT2D eigenvalue weighted by Gasteiger charge is 2.18. The van der Waals surface area contributed by atoms with E-state index in [1.54, 1.807) is 0 Å². The molecule has 126 valence electrons. The first-order valence-corrected chi connectivity index (χ1v) is 8.15. The fraction of sp³-hybridized carbons (Fsp3) is 0.222. The van der Waals surface area contributed by atoms with Crippen LogP contribution in [0.25, 0.3) is 0 Å². The molecule has 0 saturated carbocycles. The topological polar surface area (TPSA) is 49.4 Å². The summed E-state index contributed by atoms with van der Waals surface area (Å²) in [4.78, 5) is 25.9. The van der Waals surface area contributed by atoms with Crippen molar-refractivity contribution in [1.29, 1.82) is 0 Å². The first kappa shape index (κ1) is 18.1. The Morgan fingerprint density at radius 1 is 1.17 bits per heavy atom. The van der Waals surface area contributed by atoms with Crippen LogP contribution in [0.5, 0.6) is 0 Å². The van der Waals surface area contributed by atoms with Gasteiger partial charge in [0.25, 0.3) is 5.91 Å². The first-order chi connectivity index (χ1) is 11.3. The number of nitrogens with zero attached hydrogens (tertiary/aromatic N) is 1. The van der Waals surface area contributed by atoms with Gasteiger partial charge in [0, 0.05) is 17.2 Å². The molecule has 0 spiro atoms. The molecule has 0 fully saturated rings. The van der Waals surface area contributed by atoms with E-state index < -0.39 is 5.82 Å². The van der Waals surface area contributed by atoms with Gasteiger partial charge in [0.15, 0.2) is 0 Å². The van der Waals surface area contributed by atoms with E-state index >= 15 is 0 Å². The molecule has 6 heteroatoms. The summed E-state index contributed by atoms with van der Waals surface area (Å²) in [5, 5.41) is 2.83. The third-order valence-electron chi connectivity index (χ3n) is 3.63.